The van der Waals surface area contributed by atoms with Gasteiger partial charge >= 0.3 is 11.9 Å². The minimum absolute atomic E-state index is 0.130. The van der Waals surface area contributed by atoms with Crippen molar-refractivity contribution in [3.8, 4) is 40.2 Å². The lowest BCUT2D eigenvalue weighted by molar-refractivity contribution is -0.132. The van der Waals surface area contributed by atoms with E-state index in [4.69, 9.17) is 57.8 Å². The van der Waals surface area contributed by atoms with E-state index < -0.39 is 11.9 Å². The molecular formula is C52H48Cl2N6O8. The topological polar surface area (TPSA) is 209 Å². The van der Waals surface area contributed by atoms with Crippen LogP contribution in [0.3, 0.4) is 0 Å². The van der Waals surface area contributed by atoms with Crippen LogP contribution in [0.1, 0.15) is 55.6 Å². The van der Waals surface area contributed by atoms with Gasteiger partial charge in [0.1, 0.15) is 55.5 Å². The number of pyridine rings is 2. The predicted octanol–water partition coefficient (Wildman–Crippen LogP) is 9.71. The van der Waals surface area contributed by atoms with Gasteiger partial charge in [-0.25, -0.2) is 9.59 Å². The fraction of sp³-hybridized carbons (Fsp3) is 0.192. The number of nitrogens with zero attached hydrogens (tertiary/aromatic N) is 3. The largest absolute Gasteiger partial charge is 0.488 e. The Balaban J connectivity index is 1.18. The molecule has 0 radical (unpaired) electrons. The van der Waals surface area contributed by atoms with E-state index in [1.54, 1.807) is 48.9 Å². The number of carbonyl (C=O) groups is 2. The number of nitriles is 1. The molecule has 6 aromatic rings. The molecule has 2 aromatic heterocycles. The first-order valence-electron chi connectivity index (χ1n) is 21.2. The Morgan fingerprint density at radius 2 is 1.12 bits per heavy atom. The number of benzene rings is 4. The zero-order valence-electron chi connectivity index (χ0n) is 37.2. The van der Waals surface area contributed by atoms with Crippen molar-refractivity contribution in [2.24, 2.45) is 0 Å². The van der Waals surface area contributed by atoms with Gasteiger partial charge in [-0.15, -0.1) is 0 Å². The minimum atomic E-state index is -1.04. The van der Waals surface area contributed by atoms with Crippen LogP contribution >= 0.6 is 23.2 Å². The number of rotatable bonds is 24. The van der Waals surface area contributed by atoms with Crippen molar-refractivity contribution in [1.29, 1.82) is 10.7 Å². The van der Waals surface area contributed by atoms with Crippen LogP contribution in [0.4, 0.5) is 0 Å². The number of aliphatic carboxylic acids is 2. The monoisotopic (exact) mass is 954 g/mol. The molecule has 0 aliphatic heterocycles. The predicted molar refractivity (Wildman–Crippen MR) is 260 cm³/mol. The Bertz CT molecular complexity index is 2880. The van der Waals surface area contributed by atoms with Crippen LogP contribution in [0.25, 0.3) is 11.1 Å². The third-order valence-electron chi connectivity index (χ3n) is 10.5. The molecule has 14 nitrogen and oxygen atoms in total. The Morgan fingerprint density at radius 1 is 0.647 bits per heavy atom. The summed E-state index contributed by atoms with van der Waals surface area (Å²) >= 11 is 13.6. The van der Waals surface area contributed by atoms with Crippen molar-refractivity contribution < 1.29 is 38.7 Å². The second-order valence-electron chi connectivity index (χ2n) is 15.3. The summed E-state index contributed by atoms with van der Waals surface area (Å²) < 4.78 is 25.2. The maximum absolute atomic E-state index is 10.9. The van der Waals surface area contributed by atoms with E-state index >= 15 is 0 Å². The zero-order valence-corrected chi connectivity index (χ0v) is 38.7. The third-order valence-corrected chi connectivity index (χ3v) is 11.1. The van der Waals surface area contributed by atoms with E-state index in [0.29, 0.717) is 75.9 Å². The van der Waals surface area contributed by atoms with Crippen LogP contribution in [0, 0.1) is 30.6 Å². The lowest BCUT2D eigenvalue weighted by atomic mass is 9.92. The van der Waals surface area contributed by atoms with Crippen molar-refractivity contribution in [3.63, 3.8) is 0 Å². The highest BCUT2D eigenvalue weighted by atomic mass is 35.5. The standard InChI is InChI=1S/C52H48Cl2N6O8/c1-33-39(31-67-49-19-47(65-29-37-15-35(21-55)23-59-25-37)41(17-45(49)53)27-57-13-5-11-51(61)62)7-3-9-43(33)44-10-4-8-40(34(44)2)32-68-50-20-48(66-30-38-16-36(22-56)24-60-26-38)42(18-46(50)54)28-58-14-6-12-52(63)64/h3-12,15-21,23-26,55,57-58H,13-14,27-32H2,1-2H3,(H,61,62)(H,63,64)/b11-5-,12-6-,55-21?. The quantitative estimate of drug-likeness (QED) is 0.0218. The lowest BCUT2D eigenvalue weighted by Crippen LogP contribution is -2.14. The second-order valence-corrected chi connectivity index (χ2v) is 16.1. The van der Waals surface area contributed by atoms with E-state index in [-0.39, 0.29) is 26.4 Å². The molecule has 348 valence electrons. The molecule has 0 fully saturated rings. The summed E-state index contributed by atoms with van der Waals surface area (Å²) in [6.07, 6.45) is 12.7. The normalized spacial score (nSPS) is 11.1. The molecular weight excluding hydrogens is 908 g/mol. The third kappa shape index (κ3) is 14.2. The molecule has 0 bridgehead atoms. The summed E-state index contributed by atoms with van der Waals surface area (Å²) in [5, 5.41) is 41.9. The van der Waals surface area contributed by atoms with Gasteiger partial charge in [0, 0.05) is 109 Å². The molecule has 6 rings (SSSR count). The van der Waals surface area contributed by atoms with Crippen LogP contribution < -0.4 is 29.6 Å². The first kappa shape index (κ1) is 49.9. The molecule has 0 atom stereocenters. The number of hydrogen-bond donors (Lipinski definition) is 5. The van der Waals surface area contributed by atoms with Crippen molar-refractivity contribution >= 4 is 41.4 Å². The molecule has 4 aromatic carbocycles. The summed E-state index contributed by atoms with van der Waals surface area (Å²) in [6, 6.07) is 24.7. The van der Waals surface area contributed by atoms with E-state index in [1.807, 2.05) is 44.2 Å². The summed E-state index contributed by atoms with van der Waals surface area (Å²) in [5.74, 6) is -0.248. The first-order chi connectivity index (χ1) is 32.9. The van der Waals surface area contributed by atoms with Gasteiger partial charge in [-0.3, -0.25) is 9.97 Å². The first-order valence-corrected chi connectivity index (χ1v) is 22.0. The smallest absolute Gasteiger partial charge is 0.328 e. The van der Waals surface area contributed by atoms with E-state index in [2.05, 4.69) is 38.8 Å². The van der Waals surface area contributed by atoms with Gasteiger partial charge < -0.3 is 45.2 Å². The highest BCUT2D eigenvalue weighted by molar-refractivity contribution is 6.32. The van der Waals surface area contributed by atoms with Crippen molar-refractivity contribution in [3.05, 3.63) is 188 Å². The van der Waals surface area contributed by atoms with E-state index in [1.165, 1.54) is 24.6 Å². The number of hydrogen-bond acceptors (Lipinski definition) is 12. The van der Waals surface area contributed by atoms with E-state index in [0.717, 1.165) is 62.2 Å². The molecule has 0 amide bonds. The summed E-state index contributed by atoms with van der Waals surface area (Å²) in [7, 11) is 0. The Morgan fingerprint density at radius 3 is 1.59 bits per heavy atom. The van der Waals surface area contributed by atoms with Crippen LogP contribution in [0.5, 0.6) is 23.0 Å². The van der Waals surface area contributed by atoms with Crippen LogP contribution in [-0.2, 0) is 49.1 Å². The number of nitrogens with one attached hydrogen (secondary N) is 3. The number of halogens is 2. The molecule has 5 N–H and O–H groups in total. The van der Waals surface area contributed by atoms with Crippen molar-refractivity contribution in [1.82, 2.24) is 20.6 Å². The Hall–Kier alpha value is -7.54. The van der Waals surface area contributed by atoms with E-state index in [9.17, 15) is 14.9 Å². The number of aromatic nitrogens is 2. The van der Waals surface area contributed by atoms with Gasteiger partial charge in [0.25, 0.3) is 0 Å². The van der Waals surface area contributed by atoms with Crippen molar-refractivity contribution in [2.45, 2.75) is 53.4 Å². The van der Waals surface area contributed by atoms with Crippen LogP contribution in [0.2, 0.25) is 10.0 Å². The fourth-order valence-corrected chi connectivity index (χ4v) is 7.49. The van der Waals surface area contributed by atoms with Gasteiger partial charge in [-0.05, 0) is 71.5 Å². The molecule has 0 spiro atoms. The molecule has 0 aliphatic carbocycles. The molecule has 2 heterocycles. The van der Waals surface area contributed by atoms with Gasteiger partial charge in [-0.1, -0.05) is 71.8 Å². The summed E-state index contributed by atoms with van der Waals surface area (Å²) in [5.41, 5.74) is 9.90. The summed E-state index contributed by atoms with van der Waals surface area (Å²) in [6.45, 7) is 6.08. The number of carboxylic acids is 2. The molecule has 0 unspecified atom stereocenters. The molecule has 0 saturated carbocycles. The Kier molecular flexibility index (Phi) is 18.2. The van der Waals surface area contributed by atoms with Crippen molar-refractivity contribution in [2.75, 3.05) is 13.1 Å². The maximum Gasteiger partial charge on any atom is 0.328 e. The second kappa shape index (κ2) is 24.8. The van der Waals surface area contributed by atoms with Crippen LogP contribution in [0.15, 0.2) is 122 Å². The summed E-state index contributed by atoms with van der Waals surface area (Å²) in [4.78, 5) is 30.2. The minimum Gasteiger partial charge on any atom is -0.488 e. The van der Waals surface area contributed by atoms with Gasteiger partial charge in [-0.2, -0.15) is 5.26 Å². The zero-order chi connectivity index (χ0) is 48.4. The van der Waals surface area contributed by atoms with Gasteiger partial charge in [0.2, 0.25) is 0 Å². The number of carboxylic acid groups (broad SMARTS) is 2. The average Bonchev–Trinajstić information content (AvgIpc) is 3.33. The fourth-order valence-electron chi connectivity index (χ4n) is 7.01. The highest BCUT2D eigenvalue weighted by Gasteiger charge is 2.17. The molecule has 0 aliphatic rings. The molecule has 0 saturated heterocycles. The maximum atomic E-state index is 10.9. The lowest BCUT2D eigenvalue weighted by Gasteiger charge is -2.19. The highest BCUT2D eigenvalue weighted by Crippen LogP contribution is 2.37. The van der Waals surface area contributed by atoms with Crippen LogP contribution in [-0.4, -0.2) is 51.4 Å². The SMILES string of the molecule is Cc1c(COc2cc(OCc3cncc(C#N)c3)c(CNC/C=C\C(=O)O)cc2Cl)cccc1-c1cccc(COc2cc(OCc3cncc(C=N)c3)c(CNC/C=C\C(=O)O)cc2Cl)c1C. The number of ether oxygens (including phenoxy) is 4. The molecule has 68 heavy (non-hydrogen) atoms. The van der Waals surface area contributed by atoms with Gasteiger partial charge in [0.15, 0.2) is 0 Å². The Labute approximate surface area is 403 Å². The average molecular weight is 956 g/mol. The van der Waals surface area contributed by atoms with Gasteiger partial charge in [0.05, 0.1) is 15.6 Å². The molecule has 16 heteroatoms.